The molecule has 1 aliphatic heterocycles. The zero-order valence-electron chi connectivity index (χ0n) is 13.0. The minimum absolute atomic E-state index is 0.0385. The van der Waals surface area contributed by atoms with Crippen LogP contribution in [-0.2, 0) is 6.18 Å². The molecule has 9 heteroatoms. The number of nitrogens with zero attached hydrogens (tertiary/aromatic N) is 2. The Bertz CT molecular complexity index is 764. The molecule has 2 saturated carbocycles. The molecule has 25 heavy (non-hydrogen) atoms. The Labute approximate surface area is 144 Å². The first-order valence-electron chi connectivity index (χ1n) is 7.98. The molecule has 4 rings (SSSR count). The maximum atomic E-state index is 13.2. The van der Waals surface area contributed by atoms with Crippen molar-refractivity contribution in [2.75, 3.05) is 10.8 Å². The summed E-state index contributed by atoms with van der Waals surface area (Å²) in [5.74, 6) is -0.0875. The summed E-state index contributed by atoms with van der Waals surface area (Å²) in [6.07, 6.45) is -3.93. The van der Waals surface area contributed by atoms with Crippen LogP contribution in [0.4, 0.5) is 18.9 Å². The lowest BCUT2D eigenvalue weighted by atomic mass is 9.87. The van der Waals surface area contributed by atoms with Gasteiger partial charge < -0.3 is 5.11 Å². The average Bonchev–Trinajstić information content (AvgIpc) is 3.15. The van der Waals surface area contributed by atoms with Gasteiger partial charge in [-0.1, -0.05) is 0 Å². The van der Waals surface area contributed by atoms with Crippen molar-refractivity contribution in [2.24, 2.45) is 17.8 Å². The highest BCUT2D eigenvalue weighted by molar-refractivity contribution is 8.26. The molecule has 1 aromatic rings. The van der Waals surface area contributed by atoms with Gasteiger partial charge in [0.1, 0.15) is 0 Å². The van der Waals surface area contributed by atoms with Crippen LogP contribution in [0.3, 0.4) is 0 Å². The predicted octanol–water partition coefficient (Wildman–Crippen LogP) is 3.45. The van der Waals surface area contributed by atoms with Crippen molar-refractivity contribution in [1.29, 1.82) is 5.26 Å². The van der Waals surface area contributed by atoms with Gasteiger partial charge in [0.25, 0.3) is 0 Å². The summed E-state index contributed by atoms with van der Waals surface area (Å²) in [4.78, 5) is 0. The second kappa shape index (κ2) is 5.27. The number of aliphatic hydroxyl groups excluding tert-OH is 1. The Morgan fingerprint density at radius 1 is 1.20 bits per heavy atom. The number of fused-ring (bicyclic) bond motifs is 5. The van der Waals surface area contributed by atoms with Crippen molar-refractivity contribution in [2.45, 2.75) is 30.4 Å². The van der Waals surface area contributed by atoms with E-state index in [1.54, 1.807) is 0 Å². The van der Waals surface area contributed by atoms with Crippen molar-refractivity contribution in [3.63, 3.8) is 0 Å². The van der Waals surface area contributed by atoms with Gasteiger partial charge in [0.2, 0.25) is 0 Å². The van der Waals surface area contributed by atoms with Crippen LogP contribution in [0.15, 0.2) is 18.2 Å². The SMILES string of the molecule is N#Cc1ccc(N2C[C@@H]3[C@H]4C[C@@H]([C@@H]3S2(O)O)[C@@H](O)C4)cc1C(F)(F)F. The molecule has 0 unspecified atom stereocenters. The van der Waals surface area contributed by atoms with Crippen LogP contribution < -0.4 is 4.31 Å². The molecule has 1 saturated heterocycles. The Kier molecular flexibility index (Phi) is 3.57. The molecular weight excluding hydrogens is 357 g/mol. The summed E-state index contributed by atoms with van der Waals surface area (Å²) in [6, 6.07) is 4.71. The first kappa shape index (κ1) is 17.0. The maximum absolute atomic E-state index is 13.2. The summed E-state index contributed by atoms with van der Waals surface area (Å²) in [7, 11) is -3.34. The molecule has 0 radical (unpaired) electrons. The number of alkyl halides is 3. The number of anilines is 1. The lowest BCUT2D eigenvalue weighted by molar-refractivity contribution is -0.137. The average molecular weight is 374 g/mol. The van der Waals surface area contributed by atoms with E-state index in [2.05, 4.69) is 0 Å². The Morgan fingerprint density at radius 3 is 2.56 bits per heavy atom. The van der Waals surface area contributed by atoms with Gasteiger partial charge in [-0.2, -0.15) is 18.4 Å². The summed E-state index contributed by atoms with van der Waals surface area (Å²) in [6.45, 7) is 0.254. The van der Waals surface area contributed by atoms with Crippen molar-refractivity contribution in [3.05, 3.63) is 29.3 Å². The van der Waals surface area contributed by atoms with Gasteiger partial charge in [-0.25, -0.2) is 0 Å². The van der Waals surface area contributed by atoms with Gasteiger partial charge in [0.05, 0.1) is 34.2 Å². The molecule has 3 aliphatic rings. The summed E-state index contributed by atoms with van der Waals surface area (Å²) in [5.41, 5.74) is -1.53. The van der Waals surface area contributed by atoms with Crippen molar-refractivity contribution in [1.82, 2.24) is 0 Å². The first-order valence-corrected chi connectivity index (χ1v) is 9.55. The predicted molar refractivity (Wildman–Crippen MR) is 85.9 cm³/mol. The van der Waals surface area contributed by atoms with E-state index in [4.69, 9.17) is 5.26 Å². The molecule has 5 nitrogen and oxygen atoms in total. The van der Waals surface area contributed by atoms with E-state index < -0.39 is 39.4 Å². The van der Waals surface area contributed by atoms with Gasteiger partial charge in [-0.15, -0.1) is 10.8 Å². The number of benzene rings is 1. The van der Waals surface area contributed by atoms with Gasteiger partial charge in [-0.05, 0) is 37.0 Å². The first-order chi connectivity index (χ1) is 11.6. The molecule has 136 valence electrons. The topological polar surface area (TPSA) is 87.7 Å². The molecule has 0 amide bonds. The molecule has 0 aromatic heterocycles. The van der Waals surface area contributed by atoms with Crippen LogP contribution in [0.1, 0.15) is 24.0 Å². The summed E-state index contributed by atoms with van der Waals surface area (Å²) >= 11 is 0. The van der Waals surface area contributed by atoms with E-state index in [9.17, 15) is 27.4 Å². The van der Waals surface area contributed by atoms with Crippen molar-refractivity contribution < 1.29 is 27.4 Å². The zero-order valence-corrected chi connectivity index (χ0v) is 13.8. The molecule has 1 heterocycles. The van der Waals surface area contributed by atoms with Crippen LogP contribution in [0.25, 0.3) is 0 Å². The van der Waals surface area contributed by atoms with E-state index in [1.807, 2.05) is 0 Å². The minimum Gasteiger partial charge on any atom is -0.393 e. The Balaban J connectivity index is 1.73. The highest BCUT2D eigenvalue weighted by Gasteiger charge is 2.62. The highest BCUT2D eigenvalue weighted by atomic mass is 32.3. The van der Waals surface area contributed by atoms with Gasteiger partial charge in [-0.3, -0.25) is 13.4 Å². The largest absolute Gasteiger partial charge is 0.417 e. The molecule has 0 spiro atoms. The van der Waals surface area contributed by atoms with Crippen molar-refractivity contribution >= 4 is 16.5 Å². The Morgan fingerprint density at radius 2 is 1.92 bits per heavy atom. The molecule has 5 atom stereocenters. The normalized spacial score (nSPS) is 37.0. The molecule has 2 bridgehead atoms. The third kappa shape index (κ3) is 2.35. The second-order valence-corrected chi connectivity index (χ2v) is 9.16. The lowest BCUT2D eigenvalue weighted by Gasteiger charge is -2.45. The smallest absolute Gasteiger partial charge is 0.393 e. The van der Waals surface area contributed by atoms with Crippen LogP contribution in [-0.4, -0.2) is 32.1 Å². The van der Waals surface area contributed by atoms with E-state index in [0.29, 0.717) is 6.42 Å². The number of rotatable bonds is 1. The fourth-order valence-corrected chi connectivity index (χ4v) is 7.47. The third-order valence-corrected chi connectivity index (χ3v) is 8.28. The standard InChI is InChI=1S/C16H17F3N2O3S/c17-16(18,19)13-5-10(2-1-8(13)6-20)21-7-12-9-3-11(14(22)4-9)15(12)25(21,23)24/h1-2,5,9,11-12,14-15,22-24H,3-4,7H2/t9-,11+,12+,14-,15-/m0/s1. The molecule has 2 aliphatic carbocycles. The molecule has 1 aromatic carbocycles. The van der Waals surface area contributed by atoms with Crippen LogP contribution in [0.2, 0.25) is 0 Å². The number of hydrogen-bond acceptors (Lipinski definition) is 5. The quantitative estimate of drug-likeness (QED) is 0.701. The fraction of sp³-hybridized carbons (Fsp3) is 0.562. The maximum Gasteiger partial charge on any atom is 0.417 e. The van der Waals surface area contributed by atoms with Gasteiger partial charge in [0, 0.05) is 18.4 Å². The Hall–Kier alpha value is -1.47. The second-order valence-electron chi connectivity index (χ2n) is 7.05. The van der Waals surface area contributed by atoms with E-state index >= 15 is 0 Å². The number of aliphatic hydroxyl groups is 1. The zero-order chi connectivity index (χ0) is 18.1. The van der Waals surface area contributed by atoms with Crippen LogP contribution in [0.5, 0.6) is 0 Å². The van der Waals surface area contributed by atoms with Gasteiger partial charge in [0.15, 0.2) is 0 Å². The molecule has 3 N–H and O–H groups in total. The molecule has 3 fully saturated rings. The fourth-order valence-electron chi connectivity index (χ4n) is 4.83. The molecular formula is C16H17F3N2O3S. The monoisotopic (exact) mass is 374 g/mol. The van der Waals surface area contributed by atoms with Crippen LogP contribution >= 0.6 is 10.8 Å². The summed E-state index contributed by atoms with van der Waals surface area (Å²) in [5, 5.41) is 18.4. The highest BCUT2D eigenvalue weighted by Crippen LogP contribution is 2.69. The van der Waals surface area contributed by atoms with Gasteiger partial charge >= 0.3 is 6.18 Å². The minimum atomic E-state index is -4.70. The van der Waals surface area contributed by atoms with Crippen LogP contribution in [0, 0.1) is 29.1 Å². The van der Waals surface area contributed by atoms with E-state index in [-0.39, 0.29) is 30.0 Å². The lowest BCUT2D eigenvalue weighted by Crippen LogP contribution is -2.36. The number of hydrogen-bond donors (Lipinski definition) is 3. The van der Waals surface area contributed by atoms with E-state index in [1.165, 1.54) is 16.4 Å². The van der Waals surface area contributed by atoms with Crippen molar-refractivity contribution in [3.8, 4) is 6.07 Å². The number of nitriles is 1. The third-order valence-electron chi connectivity index (χ3n) is 5.85. The summed E-state index contributed by atoms with van der Waals surface area (Å²) < 4.78 is 62.3. The number of halogens is 3. The van der Waals surface area contributed by atoms with E-state index in [0.717, 1.165) is 18.6 Å².